The SMILES string of the molecule is CC(=O)Nc1cnc2[nH]ccc2c1C[C@@H]1CCCN(C(=O)c2cc(C(=O)C3CCCCC3)c[nH]2)C1. The number of ketones is 1. The third kappa shape index (κ3) is 5.01. The highest BCUT2D eigenvalue weighted by atomic mass is 16.2. The Bertz CT molecular complexity index is 1240. The molecule has 1 atom stereocenters. The number of H-pyrrole nitrogens is 2. The Kier molecular flexibility index (Phi) is 6.70. The number of nitrogens with one attached hydrogen (secondary N) is 3. The summed E-state index contributed by atoms with van der Waals surface area (Å²) in [7, 11) is 0. The monoisotopic (exact) mass is 475 g/mol. The Labute approximate surface area is 204 Å². The van der Waals surface area contributed by atoms with Crippen LogP contribution in [0, 0.1) is 11.8 Å². The fourth-order valence-electron chi connectivity index (χ4n) is 5.72. The van der Waals surface area contributed by atoms with Crippen LogP contribution in [-0.2, 0) is 11.2 Å². The summed E-state index contributed by atoms with van der Waals surface area (Å²) in [6, 6.07) is 3.72. The predicted octanol–water partition coefficient (Wildman–Crippen LogP) is 4.71. The number of hydrogen-bond acceptors (Lipinski definition) is 4. The van der Waals surface area contributed by atoms with E-state index in [0.29, 0.717) is 24.3 Å². The van der Waals surface area contributed by atoms with E-state index in [9.17, 15) is 14.4 Å². The summed E-state index contributed by atoms with van der Waals surface area (Å²) < 4.78 is 0. The Hall–Kier alpha value is -3.42. The minimum atomic E-state index is -0.131. The van der Waals surface area contributed by atoms with Crippen LogP contribution in [0.3, 0.4) is 0 Å². The first kappa shape index (κ1) is 23.3. The fourth-order valence-corrected chi connectivity index (χ4v) is 5.72. The number of rotatable bonds is 6. The van der Waals surface area contributed by atoms with E-state index >= 15 is 0 Å². The summed E-state index contributed by atoms with van der Waals surface area (Å²) in [5.41, 5.74) is 3.68. The number of anilines is 1. The highest BCUT2D eigenvalue weighted by Gasteiger charge is 2.28. The minimum Gasteiger partial charge on any atom is -0.356 e. The molecule has 2 aliphatic rings. The number of pyridine rings is 1. The molecule has 1 aliphatic heterocycles. The van der Waals surface area contributed by atoms with E-state index in [4.69, 9.17) is 0 Å². The number of hydrogen-bond donors (Lipinski definition) is 3. The molecule has 1 saturated carbocycles. The van der Waals surface area contributed by atoms with Crippen molar-refractivity contribution in [2.75, 3.05) is 18.4 Å². The number of amides is 2. The lowest BCUT2D eigenvalue weighted by molar-refractivity contribution is -0.114. The van der Waals surface area contributed by atoms with Gasteiger partial charge in [-0.2, -0.15) is 0 Å². The van der Waals surface area contributed by atoms with Crippen LogP contribution in [0.1, 0.15) is 78.3 Å². The van der Waals surface area contributed by atoms with Gasteiger partial charge in [0.1, 0.15) is 11.3 Å². The molecule has 0 spiro atoms. The van der Waals surface area contributed by atoms with Crippen LogP contribution in [0.15, 0.2) is 30.7 Å². The highest BCUT2D eigenvalue weighted by molar-refractivity contribution is 6.01. The molecule has 3 aromatic rings. The summed E-state index contributed by atoms with van der Waals surface area (Å²) in [5.74, 6) is 0.328. The molecular formula is C27H33N5O3. The van der Waals surface area contributed by atoms with Gasteiger partial charge < -0.3 is 20.2 Å². The lowest BCUT2D eigenvalue weighted by Crippen LogP contribution is -2.40. The molecule has 35 heavy (non-hydrogen) atoms. The van der Waals surface area contributed by atoms with Crippen LogP contribution in [0.5, 0.6) is 0 Å². The number of fused-ring (bicyclic) bond motifs is 1. The fraction of sp³-hybridized carbons (Fsp3) is 0.481. The normalized spacial score (nSPS) is 19.1. The molecule has 184 valence electrons. The van der Waals surface area contributed by atoms with Gasteiger partial charge in [0, 0.05) is 49.3 Å². The second-order valence-electron chi connectivity index (χ2n) is 10.0. The van der Waals surface area contributed by atoms with E-state index in [-0.39, 0.29) is 29.4 Å². The van der Waals surface area contributed by atoms with Gasteiger partial charge in [0.25, 0.3) is 5.91 Å². The maximum absolute atomic E-state index is 13.3. The molecule has 2 amide bonds. The van der Waals surface area contributed by atoms with Crippen LogP contribution in [0.25, 0.3) is 11.0 Å². The zero-order valence-electron chi connectivity index (χ0n) is 20.2. The predicted molar refractivity (Wildman–Crippen MR) is 134 cm³/mol. The summed E-state index contributed by atoms with van der Waals surface area (Å²) in [6.45, 7) is 2.84. The molecule has 0 unspecified atom stereocenters. The van der Waals surface area contributed by atoms with E-state index in [1.807, 2.05) is 17.2 Å². The van der Waals surface area contributed by atoms with Gasteiger partial charge in [-0.3, -0.25) is 14.4 Å². The summed E-state index contributed by atoms with van der Waals surface area (Å²) >= 11 is 0. The summed E-state index contributed by atoms with van der Waals surface area (Å²) in [4.78, 5) is 50.5. The van der Waals surface area contributed by atoms with Gasteiger partial charge in [-0.1, -0.05) is 19.3 Å². The number of carbonyl (C=O) groups excluding carboxylic acids is 3. The largest absolute Gasteiger partial charge is 0.356 e. The van der Waals surface area contributed by atoms with Gasteiger partial charge in [-0.15, -0.1) is 0 Å². The average molecular weight is 476 g/mol. The molecular weight excluding hydrogens is 442 g/mol. The van der Waals surface area contributed by atoms with Gasteiger partial charge in [0.15, 0.2) is 5.78 Å². The zero-order chi connectivity index (χ0) is 24.4. The molecule has 1 aliphatic carbocycles. The number of aromatic amines is 2. The van der Waals surface area contributed by atoms with Crippen LogP contribution in [-0.4, -0.2) is 50.5 Å². The third-order valence-corrected chi connectivity index (χ3v) is 7.48. The van der Waals surface area contributed by atoms with Crippen molar-refractivity contribution in [2.24, 2.45) is 11.8 Å². The first-order valence-electron chi connectivity index (χ1n) is 12.7. The number of nitrogens with zero attached hydrogens (tertiary/aromatic N) is 2. The van der Waals surface area contributed by atoms with Crippen LogP contribution < -0.4 is 5.32 Å². The van der Waals surface area contributed by atoms with Gasteiger partial charge in [0.05, 0.1) is 11.9 Å². The zero-order valence-corrected chi connectivity index (χ0v) is 20.2. The van der Waals surface area contributed by atoms with Crippen molar-refractivity contribution in [2.45, 2.75) is 58.3 Å². The van der Waals surface area contributed by atoms with E-state index in [0.717, 1.165) is 67.2 Å². The molecule has 1 saturated heterocycles. The van der Waals surface area contributed by atoms with Crippen molar-refractivity contribution >= 4 is 34.3 Å². The number of Topliss-reactive ketones (excluding diaryl/α,β-unsaturated/α-hetero) is 1. The molecule has 5 rings (SSSR count). The van der Waals surface area contributed by atoms with Crippen molar-refractivity contribution in [1.82, 2.24) is 19.9 Å². The van der Waals surface area contributed by atoms with Crippen molar-refractivity contribution in [3.63, 3.8) is 0 Å². The van der Waals surface area contributed by atoms with Crippen molar-refractivity contribution in [3.05, 3.63) is 47.5 Å². The van der Waals surface area contributed by atoms with E-state index < -0.39 is 0 Å². The molecule has 8 heteroatoms. The van der Waals surface area contributed by atoms with E-state index in [1.165, 1.54) is 13.3 Å². The maximum atomic E-state index is 13.3. The topological polar surface area (TPSA) is 111 Å². The Morgan fingerprint density at radius 3 is 2.74 bits per heavy atom. The van der Waals surface area contributed by atoms with Gasteiger partial charge >= 0.3 is 0 Å². The average Bonchev–Trinajstić information content (AvgIpc) is 3.55. The lowest BCUT2D eigenvalue weighted by atomic mass is 9.84. The quantitative estimate of drug-likeness (QED) is 0.449. The molecule has 0 aromatic carbocycles. The standard InChI is InChI=1S/C27H33N5O3/c1-17(33)31-24-15-30-26-21(9-10-28-26)22(24)12-18-6-5-11-32(16-18)27(35)23-13-20(14-29-23)25(34)19-7-3-2-4-8-19/h9-10,13-15,18-19,29H,2-8,11-12,16H2,1H3,(H,28,30)(H,31,33)/t18-/m0/s1. The number of carbonyl (C=O) groups is 3. The Morgan fingerprint density at radius 1 is 1.11 bits per heavy atom. The van der Waals surface area contributed by atoms with Gasteiger partial charge in [0.2, 0.25) is 5.91 Å². The van der Waals surface area contributed by atoms with Crippen LogP contribution >= 0.6 is 0 Å². The number of likely N-dealkylation sites (tertiary alicyclic amines) is 1. The van der Waals surface area contributed by atoms with Gasteiger partial charge in [-0.25, -0.2) is 4.98 Å². The van der Waals surface area contributed by atoms with Crippen molar-refractivity contribution in [3.8, 4) is 0 Å². The molecule has 8 nitrogen and oxygen atoms in total. The van der Waals surface area contributed by atoms with Crippen LogP contribution in [0.2, 0.25) is 0 Å². The molecule has 3 aromatic heterocycles. The molecule has 0 radical (unpaired) electrons. The molecule has 3 N–H and O–H groups in total. The van der Waals surface area contributed by atoms with E-state index in [2.05, 4.69) is 20.3 Å². The smallest absolute Gasteiger partial charge is 0.270 e. The second kappa shape index (κ2) is 10.1. The molecule has 2 fully saturated rings. The first-order valence-corrected chi connectivity index (χ1v) is 12.7. The summed E-state index contributed by atoms with van der Waals surface area (Å²) in [6.07, 6.45) is 13.2. The van der Waals surface area contributed by atoms with Crippen LogP contribution in [0.4, 0.5) is 5.69 Å². The molecule has 0 bridgehead atoms. The second-order valence-corrected chi connectivity index (χ2v) is 10.0. The third-order valence-electron chi connectivity index (χ3n) is 7.48. The minimum absolute atomic E-state index is 0.0546. The van der Waals surface area contributed by atoms with Crippen molar-refractivity contribution in [1.29, 1.82) is 0 Å². The molecule has 4 heterocycles. The lowest BCUT2D eigenvalue weighted by Gasteiger charge is -2.33. The summed E-state index contributed by atoms with van der Waals surface area (Å²) in [5, 5.41) is 3.91. The highest BCUT2D eigenvalue weighted by Crippen LogP contribution is 2.31. The number of aromatic nitrogens is 3. The Morgan fingerprint density at radius 2 is 1.94 bits per heavy atom. The van der Waals surface area contributed by atoms with Crippen molar-refractivity contribution < 1.29 is 14.4 Å². The van der Waals surface area contributed by atoms with E-state index in [1.54, 1.807) is 18.5 Å². The Balaban J connectivity index is 1.29. The first-order chi connectivity index (χ1) is 17.0. The van der Waals surface area contributed by atoms with Gasteiger partial charge in [-0.05, 0) is 55.7 Å². The number of piperidine rings is 1. The maximum Gasteiger partial charge on any atom is 0.270 e.